The van der Waals surface area contributed by atoms with Crippen LogP contribution in [-0.4, -0.2) is 37.2 Å². The molecule has 1 aliphatic heterocycles. The smallest absolute Gasteiger partial charge is 0.123 e. The van der Waals surface area contributed by atoms with Crippen LogP contribution in [0.3, 0.4) is 0 Å². The van der Waals surface area contributed by atoms with E-state index in [1.165, 1.54) is 37.7 Å². The number of nitrogens with zero attached hydrogens (tertiary/aromatic N) is 1. The second-order valence-corrected chi connectivity index (χ2v) is 6.87. The van der Waals surface area contributed by atoms with Crippen molar-refractivity contribution >= 4 is 11.6 Å². The van der Waals surface area contributed by atoms with Crippen LogP contribution in [0.2, 0.25) is 5.02 Å². The van der Waals surface area contributed by atoms with Gasteiger partial charge in [-0.1, -0.05) is 24.4 Å². The second-order valence-electron chi connectivity index (χ2n) is 6.43. The first-order chi connectivity index (χ1) is 10.2. The Morgan fingerprint density at radius 1 is 1.29 bits per heavy atom. The van der Waals surface area contributed by atoms with E-state index >= 15 is 0 Å². The molecule has 3 rings (SSSR count). The summed E-state index contributed by atoms with van der Waals surface area (Å²) in [5.74, 6) is 0.942. The van der Waals surface area contributed by atoms with Crippen LogP contribution in [-0.2, 0) is 6.54 Å². The maximum Gasteiger partial charge on any atom is 0.123 e. The average Bonchev–Trinajstić information content (AvgIpc) is 2.82. The van der Waals surface area contributed by atoms with Crippen LogP contribution in [0.5, 0.6) is 5.75 Å². The minimum Gasteiger partial charge on any atom is -0.496 e. The first-order valence-electron chi connectivity index (χ1n) is 8.01. The molecule has 0 atom stereocenters. The molecule has 1 aromatic rings. The third-order valence-electron chi connectivity index (χ3n) is 4.87. The van der Waals surface area contributed by atoms with E-state index < -0.39 is 0 Å². The molecule has 0 aromatic heterocycles. The fourth-order valence-corrected chi connectivity index (χ4v) is 4.05. The highest BCUT2D eigenvalue weighted by atomic mass is 35.5. The highest BCUT2D eigenvalue weighted by Crippen LogP contribution is 2.33. The molecule has 1 aliphatic carbocycles. The summed E-state index contributed by atoms with van der Waals surface area (Å²) >= 11 is 6.16. The van der Waals surface area contributed by atoms with Gasteiger partial charge in [-0.3, -0.25) is 4.90 Å². The SMILES string of the molecule is COc1ccc(Cl)cc1CN1CCCNC2(CCCC2)C1. The number of rotatable bonds is 3. The highest BCUT2D eigenvalue weighted by molar-refractivity contribution is 6.30. The first kappa shape index (κ1) is 15.1. The molecule has 1 aromatic carbocycles. The molecule has 0 amide bonds. The van der Waals surface area contributed by atoms with E-state index in [4.69, 9.17) is 16.3 Å². The maximum atomic E-state index is 6.16. The average molecular weight is 309 g/mol. The number of methoxy groups -OCH3 is 1. The van der Waals surface area contributed by atoms with Gasteiger partial charge in [-0.15, -0.1) is 0 Å². The zero-order chi connectivity index (χ0) is 14.7. The molecule has 2 aliphatic rings. The summed E-state index contributed by atoms with van der Waals surface area (Å²) in [4.78, 5) is 2.57. The number of halogens is 1. The van der Waals surface area contributed by atoms with E-state index in [1.807, 2.05) is 18.2 Å². The molecule has 4 heteroatoms. The lowest BCUT2D eigenvalue weighted by molar-refractivity contribution is 0.201. The first-order valence-corrected chi connectivity index (χ1v) is 8.38. The quantitative estimate of drug-likeness (QED) is 0.925. The van der Waals surface area contributed by atoms with Crippen molar-refractivity contribution in [2.75, 3.05) is 26.7 Å². The van der Waals surface area contributed by atoms with Gasteiger partial charge in [0.05, 0.1) is 7.11 Å². The number of hydrogen-bond acceptors (Lipinski definition) is 3. The van der Waals surface area contributed by atoms with Crippen LogP contribution in [0.25, 0.3) is 0 Å². The Morgan fingerprint density at radius 2 is 2.10 bits per heavy atom. The molecule has 2 fully saturated rings. The molecule has 1 saturated heterocycles. The summed E-state index contributed by atoms with van der Waals surface area (Å²) in [6, 6.07) is 5.91. The number of nitrogens with one attached hydrogen (secondary N) is 1. The molecule has 1 heterocycles. The molecule has 1 saturated carbocycles. The van der Waals surface area contributed by atoms with E-state index in [9.17, 15) is 0 Å². The van der Waals surface area contributed by atoms with Crippen molar-refractivity contribution < 1.29 is 4.74 Å². The largest absolute Gasteiger partial charge is 0.496 e. The lowest BCUT2D eigenvalue weighted by Gasteiger charge is -2.33. The van der Waals surface area contributed by atoms with E-state index in [0.29, 0.717) is 5.54 Å². The summed E-state index contributed by atoms with van der Waals surface area (Å²) in [6.45, 7) is 4.35. The van der Waals surface area contributed by atoms with E-state index in [-0.39, 0.29) is 0 Å². The minimum atomic E-state index is 0.350. The predicted molar refractivity (Wildman–Crippen MR) is 87.1 cm³/mol. The summed E-state index contributed by atoms with van der Waals surface area (Å²) in [5, 5.41) is 4.60. The fourth-order valence-electron chi connectivity index (χ4n) is 3.85. The van der Waals surface area contributed by atoms with Gasteiger partial charge in [-0.2, -0.15) is 0 Å². The van der Waals surface area contributed by atoms with Gasteiger partial charge >= 0.3 is 0 Å². The molecule has 0 unspecified atom stereocenters. The lowest BCUT2D eigenvalue weighted by atomic mass is 9.97. The maximum absolute atomic E-state index is 6.16. The van der Waals surface area contributed by atoms with Crippen LogP contribution in [0.15, 0.2) is 18.2 Å². The predicted octanol–water partition coefficient (Wildman–Crippen LogP) is 3.46. The standard InChI is InChI=1S/C17H25ClN2O/c1-21-16-6-5-15(18)11-14(16)12-20-10-4-9-19-17(13-20)7-2-3-8-17/h5-6,11,19H,2-4,7-10,12-13H2,1H3. The van der Waals surface area contributed by atoms with Gasteiger partial charge in [-0.05, 0) is 50.6 Å². The molecule has 1 N–H and O–H groups in total. The van der Waals surface area contributed by atoms with Gasteiger partial charge in [0.1, 0.15) is 5.75 Å². The third-order valence-corrected chi connectivity index (χ3v) is 5.11. The van der Waals surface area contributed by atoms with Gasteiger partial charge in [0, 0.05) is 29.2 Å². The summed E-state index contributed by atoms with van der Waals surface area (Å²) < 4.78 is 5.49. The Bertz CT molecular complexity index is 486. The van der Waals surface area contributed by atoms with Gasteiger partial charge < -0.3 is 10.1 Å². The number of hydrogen-bond donors (Lipinski definition) is 1. The Kier molecular flexibility index (Phi) is 4.72. The minimum absolute atomic E-state index is 0.350. The molecule has 116 valence electrons. The van der Waals surface area contributed by atoms with Crippen molar-refractivity contribution in [3.05, 3.63) is 28.8 Å². The highest BCUT2D eigenvalue weighted by Gasteiger charge is 2.36. The van der Waals surface area contributed by atoms with E-state index in [2.05, 4.69) is 10.2 Å². The number of ether oxygens (including phenoxy) is 1. The Morgan fingerprint density at radius 3 is 2.86 bits per heavy atom. The second kappa shape index (κ2) is 6.55. The zero-order valence-corrected chi connectivity index (χ0v) is 13.6. The van der Waals surface area contributed by atoms with Crippen LogP contribution in [0, 0.1) is 0 Å². The Hall–Kier alpha value is -0.770. The van der Waals surface area contributed by atoms with Crippen LogP contribution >= 0.6 is 11.6 Å². The Balaban J connectivity index is 1.75. The van der Waals surface area contributed by atoms with Crippen molar-refractivity contribution in [1.29, 1.82) is 0 Å². The monoisotopic (exact) mass is 308 g/mol. The molecular formula is C17H25ClN2O. The molecular weight excluding hydrogens is 284 g/mol. The Labute approximate surface area is 132 Å². The van der Waals surface area contributed by atoms with Crippen molar-refractivity contribution in [2.45, 2.75) is 44.2 Å². The van der Waals surface area contributed by atoms with Crippen LogP contribution in [0.4, 0.5) is 0 Å². The zero-order valence-electron chi connectivity index (χ0n) is 12.8. The molecule has 0 radical (unpaired) electrons. The fraction of sp³-hybridized carbons (Fsp3) is 0.647. The van der Waals surface area contributed by atoms with Gasteiger partial charge in [-0.25, -0.2) is 0 Å². The summed E-state index contributed by atoms with van der Waals surface area (Å²) in [7, 11) is 1.73. The molecule has 1 spiro atoms. The van der Waals surface area contributed by atoms with Crippen molar-refractivity contribution in [2.24, 2.45) is 0 Å². The van der Waals surface area contributed by atoms with Crippen molar-refractivity contribution in [3.63, 3.8) is 0 Å². The topological polar surface area (TPSA) is 24.5 Å². The molecule has 21 heavy (non-hydrogen) atoms. The van der Waals surface area contributed by atoms with E-state index in [1.54, 1.807) is 7.11 Å². The third kappa shape index (κ3) is 3.53. The van der Waals surface area contributed by atoms with Crippen molar-refractivity contribution in [1.82, 2.24) is 10.2 Å². The molecule has 3 nitrogen and oxygen atoms in total. The van der Waals surface area contributed by atoms with E-state index in [0.717, 1.165) is 37.0 Å². The van der Waals surface area contributed by atoms with Gasteiger partial charge in [0.2, 0.25) is 0 Å². The van der Waals surface area contributed by atoms with Crippen LogP contribution in [0.1, 0.15) is 37.7 Å². The normalized spacial score (nSPS) is 22.4. The van der Waals surface area contributed by atoms with Crippen LogP contribution < -0.4 is 10.1 Å². The summed E-state index contributed by atoms with van der Waals surface area (Å²) in [5.41, 5.74) is 1.54. The lowest BCUT2D eigenvalue weighted by Crippen LogP contribution is -2.49. The number of benzene rings is 1. The van der Waals surface area contributed by atoms with Crippen molar-refractivity contribution in [3.8, 4) is 5.75 Å². The molecule has 0 bridgehead atoms. The van der Waals surface area contributed by atoms with Gasteiger partial charge in [0.25, 0.3) is 0 Å². The van der Waals surface area contributed by atoms with Gasteiger partial charge in [0.15, 0.2) is 0 Å². The summed E-state index contributed by atoms with van der Waals surface area (Å²) in [6.07, 6.45) is 6.57.